The van der Waals surface area contributed by atoms with Crippen LogP contribution in [0.15, 0.2) is 12.2 Å². The van der Waals surface area contributed by atoms with Crippen molar-refractivity contribution in [2.45, 2.75) is 193 Å². The molecule has 0 aromatic heterocycles. The summed E-state index contributed by atoms with van der Waals surface area (Å²) in [4.78, 5) is 35.2. The molecule has 302 valence electrons. The van der Waals surface area contributed by atoms with Gasteiger partial charge in [0.15, 0.2) is 6.10 Å². The zero-order valence-corrected chi connectivity index (χ0v) is 34.7. The zero-order valence-electron chi connectivity index (χ0n) is 33.9. The topological polar surface area (TPSA) is 108 Å². The fourth-order valence-electron chi connectivity index (χ4n) is 5.71. The number of ether oxygens (including phenoxy) is 2. The number of esters is 2. The van der Waals surface area contributed by atoms with E-state index in [1.807, 2.05) is 21.1 Å². The van der Waals surface area contributed by atoms with Crippen molar-refractivity contribution in [1.29, 1.82) is 0 Å². The molecular weight excluding hydrogens is 665 g/mol. The first kappa shape index (κ1) is 49.8. The molecule has 10 heteroatoms. The molecule has 0 aliphatic rings. The van der Waals surface area contributed by atoms with E-state index in [-0.39, 0.29) is 25.6 Å². The van der Waals surface area contributed by atoms with E-state index in [4.69, 9.17) is 18.5 Å². The molecular formula is C41H81NO8P+. The van der Waals surface area contributed by atoms with Crippen LogP contribution >= 0.6 is 7.82 Å². The second-order valence-corrected chi connectivity index (χ2v) is 16.8. The van der Waals surface area contributed by atoms with E-state index >= 15 is 0 Å². The predicted molar refractivity (Wildman–Crippen MR) is 211 cm³/mol. The summed E-state index contributed by atoms with van der Waals surface area (Å²) in [5, 5.41) is 0. The van der Waals surface area contributed by atoms with Crippen LogP contribution in [0, 0.1) is 0 Å². The number of unbranched alkanes of at least 4 members (excludes halogenated alkanes) is 22. The van der Waals surface area contributed by atoms with Crippen molar-refractivity contribution < 1.29 is 42.1 Å². The van der Waals surface area contributed by atoms with Crippen molar-refractivity contribution in [3.63, 3.8) is 0 Å². The molecule has 0 aliphatic heterocycles. The summed E-state index contributed by atoms with van der Waals surface area (Å²) >= 11 is 0. The van der Waals surface area contributed by atoms with E-state index in [1.165, 1.54) is 103 Å². The first-order chi connectivity index (χ1) is 24.5. The Labute approximate surface area is 314 Å². The molecule has 2 unspecified atom stereocenters. The van der Waals surface area contributed by atoms with Crippen LogP contribution < -0.4 is 0 Å². The van der Waals surface area contributed by atoms with E-state index in [2.05, 4.69) is 26.0 Å². The molecule has 51 heavy (non-hydrogen) atoms. The Morgan fingerprint density at radius 1 is 0.588 bits per heavy atom. The van der Waals surface area contributed by atoms with Crippen LogP contribution in [0.1, 0.15) is 187 Å². The number of hydrogen-bond donors (Lipinski definition) is 1. The Hall–Kier alpha value is -1.25. The van der Waals surface area contributed by atoms with Gasteiger partial charge in [-0.2, -0.15) is 0 Å². The van der Waals surface area contributed by atoms with Crippen molar-refractivity contribution in [3.8, 4) is 0 Å². The van der Waals surface area contributed by atoms with Crippen molar-refractivity contribution in [3.05, 3.63) is 12.2 Å². The van der Waals surface area contributed by atoms with Gasteiger partial charge in [-0.15, -0.1) is 0 Å². The van der Waals surface area contributed by atoms with Crippen LogP contribution in [0.25, 0.3) is 0 Å². The van der Waals surface area contributed by atoms with Gasteiger partial charge in [0.1, 0.15) is 19.8 Å². The number of hydrogen-bond acceptors (Lipinski definition) is 7. The number of carbonyl (C=O) groups is 2. The van der Waals surface area contributed by atoms with Gasteiger partial charge >= 0.3 is 19.8 Å². The number of phosphoric acid groups is 1. The van der Waals surface area contributed by atoms with Gasteiger partial charge in [0.2, 0.25) is 0 Å². The normalized spacial score (nSPS) is 13.8. The molecule has 0 spiro atoms. The summed E-state index contributed by atoms with van der Waals surface area (Å²) in [7, 11) is 1.48. The molecule has 0 fully saturated rings. The molecule has 0 radical (unpaired) electrons. The average molecular weight is 747 g/mol. The molecule has 0 amide bonds. The molecule has 0 saturated heterocycles. The number of rotatable bonds is 38. The standard InChI is InChI=1S/C41H80NO8P/c1-6-8-10-12-14-16-18-19-20-21-22-24-26-28-30-32-34-41(44)50-39(38-49-51(45,46)48-36-35-42(3,4)5)37-47-40(43)33-31-29-27-25-23-17-15-13-11-9-7-2/h20-21,39H,6-19,22-38H2,1-5H3/p+1/b21-20-. The molecule has 2 atom stereocenters. The smallest absolute Gasteiger partial charge is 0.462 e. The summed E-state index contributed by atoms with van der Waals surface area (Å²) in [6, 6.07) is 0. The Morgan fingerprint density at radius 3 is 1.45 bits per heavy atom. The van der Waals surface area contributed by atoms with Gasteiger partial charge in [0, 0.05) is 12.8 Å². The van der Waals surface area contributed by atoms with E-state index in [0.717, 1.165) is 51.4 Å². The summed E-state index contributed by atoms with van der Waals surface area (Å²) in [5.41, 5.74) is 0. The van der Waals surface area contributed by atoms with Crippen LogP contribution in [0.5, 0.6) is 0 Å². The number of quaternary nitrogens is 1. The summed E-state index contributed by atoms with van der Waals surface area (Å²) < 4.78 is 34.2. The highest BCUT2D eigenvalue weighted by atomic mass is 31.2. The first-order valence-corrected chi connectivity index (χ1v) is 22.4. The average Bonchev–Trinajstić information content (AvgIpc) is 3.07. The van der Waals surface area contributed by atoms with Crippen molar-refractivity contribution in [1.82, 2.24) is 0 Å². The molecule has 0 aromatic rings. The first-order valence-electron chi connectivity index (χ1n) is 20.9. The van der Waals surface area contributed by atoms with Gasteiger partial charge in [-0.3, -0.25) is 18.6 Å². The van der Waals surface area contributed by atoms with Gasteiger partial charge in [-0.1, -0.05) is 148 Å². The quantitative estimate of drug-likeness (QED) is 0.0219. The third kappa shape index (κ3) is 38.3. The predicted octanol–water partition coefficient (Wildman–Crippen LogP) is 11.4. The van der Waals surface area contributed by atoms with Gasteiger partial charge in [0.25, 0.3) is 0 Å². The van der Waals surface area contributed by atoms with Gasteiger partial charge in [-0.25, -0.2) is 4.57 Å². The lowest BCUT2D eigenvalue weighted by Gasteiger charge is -2.24. The fourth-order valence-corrected chi connectivity index (χ4v) is 6.46. The van der Waals surface area contributed by atoms with Crippen LogP contribution in [-0.2, 0) is 32.7 Å². The number of likely N-dealkylation sites (N-methyl/N-ethyl adjacent to an activating group) is 1. The van der Waals surface area contributed by atoms with E-state index in [1.54, 1.807) is 0 Å². The van der Waals surface area contributed by atoms with Crippen LogP contribution in [-0.4, -0.2) is 74.9 Å². The Balaban J connectivity index is 4.38. The van der Waals surface area contributed by atoms with E-state index in [0.29, 0.717) is 23.9 Å². The summed E-state index contributed by atoms with van der Waals surface area (Å²) in [5.74, 6) is -0.803. The number of nitrogens with zero attached hydrogens (tertiary/aromatic N) is 1. The third-order valence-electron chi connectivity index (χ3n) is 9.05. The Morgan fingerprint density at radius 2 is 1.00 bits per heavy atom. The minimum absolute atomic E-state index is 0.0330. The van der Waals surface area contributed by atoms with Crippen LogP contribution in [0.2, 0.25) is 0 Å². The number of carbonyl (C=O) groups excluding carboxylic acids is 2. The maximum absolute atomic E-state index is 12.6. The lowest BCUT2D eigenvalue weighted by atomic mass is 10.1. The zero-order chi connectivity index (χ0) is 37.9. The van der Waals surface area contributed by atoms with Crippen molar-refractivity contribution >= 4 is 19.8 Å². The molecule has 0 heterocycles. The van der Waals surface area contributed by atoms with E-state index < -0.39 is 26.5 Å². The molecule has 0 saturated carbocycles. The fraction of sp³-hybridized carbons (Fsp3) is 0.902. The number of allylic oxidation sites excluding steroid dienone is 2. The molecule has 0 aromatic carbocycles. The SMILES string of the molecule is CCCCCCCCC/C=C\CCCCCCCC(=O)OC(COC(=O)CCCCCCCCCCCCC)COP(=O)(O)OCC[N+](C)(C)C. The van der Waals surface area contributed by atoms with Crippen molar-refractivity contribution in [2.75, 3.05) is 47.5 Å². The Bertz CT molecular complexity index is 891. The lowest BCUT2D eigenvalue weighted by Crippen LogP contribution is -2.37. The molecule has 1 N–H and O–H groups in total. The minimum atomic E-state index is -4.37. The van der Waals surface area contributed by atoms with Gasteiger partial charge in [0.05, 0.1) is 27.7 Å². The third-order valence-corrected chi connectivity index (χ3v) is 10.0. The number of phosphoric ester groups is 1. The second-order valence-electron chi connectivity index (χ2n) is 15.4. The maximum atomic E-state index is 12.6. The lowest BCUT2D eigenvalue weighted by molar-refractivity contribution is -0.870. The highest BCUT2D eigenvalue weighted by Gasteiger charge is 2.27. The molecule has 0 aliphatic carbocycles. The van der Waals surface area contributed by atoms with E-state index in [9.17, 15) is 19.0 Å². The Kier molecular flexibility index (Phi) is 33.7. The second kappa shape index (κ2) is 34.5. The highest BCUT2D eigenvalue weighted by Crippen LogP contribution is 2.43. The summed E-state index contributed by atoms with van der Waals surface area (Å²) in [6.07, 6.45) is 34.0. The largest absolute Gasteiger partial charge is 0.472 e. The van der Waals surface area contributed by atoms with Crippen LogP contribution in [0.3, 0.4) is 0 Å². The molecule has 0 bridgehead atoms. The van der Waals surface area contributed by atoms with Crippen molar-refractivity contribution in [2.24, 2.45) is 0 Å². The molecule has 9 nitrogen and oxygen atoms in total. The maximum Gasteiger partial charge on any atom is 0.472 e. The monoisotopic (exact) mass is 747 g/mol. The highest BCUT2D eigenvalue weighted by molar-refractivity contribution is 7.47. The summed E-state index contributed by atoms with van der Waals surface area (Å²) in [6.45, 7) is 4.41. The van der Waals surface area contributed by atoms with Gasteiger partial charge in [-0.05, 0) is 38.5 Å². The molecule has 0 rings (SSSR count). The minimum Gasteiger partial charge on any atom is -0.462 e. The van der Waals surface area contributed by atoms with Crippen LogP contribution in [0.4, 0.5) is 0 Å². The van der Waals surface area contributed by atoms with Gasteiger partial charge < -0.3 is 18.9 Å².